The molecular weight excluding hydrogens is 380 g/mol. The lowest BCUT2D eigenvalue weighted by atomic mass is 10.1. The molecule has 4 rings (SSSR count). The van der Waals surface area contributed by atoms with Gasteiger partial charge in [-0.1, -0.05) is 18.2 Å². The summed E-state index contributed by atoms with van der Waals surface area (Å²) in [5.41, 5.74) is 3.08. The van der Waals surface area contributed by atoms with Crippen molar-refractivity contribution in [1.29, 1.82) is 0 Å². The summed E-state index contributed by atoms with van der Waals surface area (Å²) in [4.78, 5) is 18.7. The van der Waals surface area contributed by atoms with Crippen molar-refractivity contribution in [2.24, 2.45) is 0 Å². The number of rotatable bonds is 6. The van der Waals surface area contributed by atoms with Crippen LogP contribution in [-0.2, 0) is 6.54 Å². The summed E-state index contributed by atoms with van der Waals surface area (Å²) in [6.45, 7) is 6.19. The number of hydrogen-bond donors (Lipinski definition) is 1. The largest absolute Gasteiger partial charge is 0.486 e. The van der Waals surface area contributed by atoms with Gasteiger partial charge in [0.2, 0.25) is 0 Å². The summed E-state index contributed by atoms with van der Waals surface area (Å²) in [6.07, 6.45) is 5.41. The van der Waals surface area contributed by atoms with E-state index in [-0.39, 0.29) is 12.1 Å². The molecule has 7 nitrogen and oxygen atoms in total. The van der Waals surface area contributed by atoms with E-state index in [4.69, 9.17) is 9.47 Å². The number of amides is 2. The highest BCUT2D eigenvalue weighted by atomic mass is 16.6. The molecule has 1 N–H and O–H groups in total. The summed E-state index contributed by atoms with van der Waals surface area (Å²) in [7, 11) is 0. The second-order valence-electron chi connectivity index (χ2n) is 7.22. The van der Waals surface area contributed by atoms with Crippen LogP contribution in [0, 0.1) is 0 Å². The Balaban J connectivity index is 1.39. The highest BCUT2D eigenvalue weighted by Gasteiger charge is 2.18. The molecule has 1 aliphatic rings. The standard InChI is InChI=1S/C23H26N4O3/c1-3-26(15-18-4-9-21-22(14-18)30-13-12-29-21)23(28)25-17(2)19-5-7-20(8-6-19)27-11-10-24-16-27/h4-11,14,16-17H,3,12-13,15H2,1-2H3,(H,25,28)/t17-/m1/s1. The molecule has 156 valence electrons. The Morgan fingerprint density at radius 1 is 1.17 bits per heavy atom. The zero-order valence-electron chi connectivity index (χ0n) is 17.2. The third-order valence-electron chi connectivity index (χ3n) is 5.18. The summed E-state index contributed by atoms with van der Waals surface area (Å²) >= 11 is 0. The zero-order valence-corrected chi connectivity index (χ0v) is 17.2. The third-order valence-corrected chi connectivity index (χ3v) is 5.18. The molecule has 0 spiro atoms. The molecule has 0 unspecified atom stereocenters. The minimum atomic E-state index is -0.108. The van der Waals surface area contributed by atoms with Crippen LogP contribution in [0.3, 0.4) is 0 Å². The molecule has 2 heterocycles. The number of benzene rings is 2. The Hall–Kier alpha value is -3.48. The Kier molecular flexibility index (Phi) is 5.88. The molecule has 2 aromatic carbocycles. The van der Waals surface area contributed by atoms with Gasteiger partial charge in [-0.3, -0.25) is 0 Å². The first kappa shape index (κ1) is 19.8. The van der Waals surface area contributed by atoms with Crippen molar-refractivity contribution in [1.82, 2.24) is 19.8 Å². The monoisotopic (exact) mass is 406 g/mol. The SMILES string of the molecule is CCN(Cc1ccc2c(c1)OCCO2)C(=O)N[C@H](C)c1ccc(-n2ccnc2)cc1. The van der Waals surface area contributed by atoms with Gasteiger partial charge in [0.05, 0.1) is 12.4 Å². The van der Waals surface area contributed by atoms with Crippen LogP contribution >= 0.6 is 0 Å². The number of nitrogens with one attached hydrogen (secondary N) is 1. The molecule has 0 aliphatic carbocycles. The lowest BCUT2D eigenvalue weighted by Gasteiger charge is -2.25. The highest BCUT2D eigenvalue weighted by Crippen LogP contribution is 2.31. The van der Waals surface area contributed by atoms with Gasteiger partial charge in [0.1, 0.15) is 13.2 Å². The number of carbonyl (C=O) groups excluding carboxylic acids is 1. The van der Waals surface area contributed by atoms with Gasteiger partial charge in [-0.2, -0.15) is 0 Å². The first-order valence-electron chi connectivity index (χ1n) is 10.2. The van der Waals surface area contributed by atoms with Crippen LogP contribution in [0.5, 0.6) is 11.5 Å². The molecule has 0 saturated carbocycles. The van der Waals surface area contributed by atoms with Crippen molar-refractivity contribution < 1.29 is 14.3 Å². The molecular formula is C23H26N4O3. The average Bonchev–Trinajstić information content (AvgIpc) is 3.32. The van der Waals surface area contributed by atoms with Crippen molar-refractivity contribution in [2.45, 2.75) is 26.4 Å². The Labute approximate surface area is 176 Å². The van der Waals surface area contributed by atoms with Gasteiger partial charge in [-0.15, -0.1) is 0 Å². The van der Waals surface area contributed by atoms with E-state index in [0.717, 1.165) is 28.3 Å². The molecule has 0 bridgehead atoms. The van der Waals surface area contributed by atoms with E-state index in [1.165, 1.54) is 0 Å². The van der Waals surface area contributed by atoms with Crippen LogP contribution in [0.2, 0.25) is 0 Å². The van der Waals surface area contributed by atoms with Crippen molar-refractivity contribution in [3.8, 4) is 17.2 Å². The number of ether oxygens (including phenoxy) is 2. The molecule has 7 heteroatoms. The molecule has 0 fully saturated rings. The van der Waals surface area contributed by atoms with Crippen LogP contribution in [0.1, 0.15) is 31.0 Å². The van der Waals surface area contributed by atoms with Crippen molar-refractivity contribution >= 4 is 6.03 Å². The van der Waals surface area contributed by atoms with Crippen LogP contribution in [0.15, 0.2) is 61.2 Å². The summed E-state index contributed by atoms with van der Waals surface area (Å²) < 4.78 is 13.2. The quantitative estimate of drug-likeness (QED) is 0.673. The number of nitrogens with zero attached hydrogens (tertiary/aromatic N) is 3. The minimum absolute atomic E-state index is 0.0985. The Bertz CT molecular complexity index is 986. The molecule has 1 atom stereocenters. The Morgan fingerprint density at radius 2 is 1.93 bits per heavy atom. The van der Waals surface area contributed by atoms with E-state index in [9.17, 15) is 4.79 Å². The van der Waals surface area contributed by atoms with Crippen LogP contribution in [0.25, 0.3) is 5.69 Å². The minimum Gasteiger partial charge on any atom is -0.486 e. The lowest BCUT2D eigenvalue weighted by Crippen LogP contribution is -2.40. The van der Waals surface area contributed by atoms with Crippen LogP contribution in [-0.4, -0.2) is 40.2 Å². The normalized spacial score (nSPS) is 13.5. The van der Waals surface area contributed by atoms with Gasteiger partial charge < -0.3 is 24.3 Å². The maximum atomic E-state index is 12.9. The second-order valence-corrected chi connectivity index (χ2v) is 7.22. The first-order chi connectivity index (χ1) is 14.6. The van der Waals surface area contributed by atoms with E-state index in [2.05, 4.69) is 10.3 Å². The topological polar surface area (TPSA) is 68.6 Å². The lowest BCUT2D eigenvalue weighted by molar-refractivity contribution is 0.171. The number of carbonyl (C=O) groups is 1. The predicted molar refractivity (Wildman–Crippen MR) is 114 cm³/mol. The number of hydrogen-bond acceptors (Lipinski definition) is 4. The van der Waals surface area contributed by atoms with Gasteiger partial charge in [0, 0.05) is 31.2 Å². The van der Waals surface area contributed by atoms with E-state index in [0.29, 0.717) is 26.3 Å². The van der Waals surface area contributed by atoms with Gasteiger partial charge >= 0.3 is 6.03 Å². The van der Waals surface area contributed by atoms with Crippen molar-refractivity contribution in [2.75, 3.05) is 19.8 Å². The summed E-state index contributed by atoms with van der Waals surface area (Å²) in [5, 5.41) is 3.10. The fourth-order valence-corrected chi connectivity index (χ4v) is 3.44. The fourth-order valence-electron chi connectivity index (χ4n) is 3.44. The van der Waals surface area contributed by atoms with Gasteiger partial charge in [-0.05, 0) is 49.2 Å². The summed E-state index contributed by atoms with van der Waals surface area (Å²) in [6, 6.07) is 13.7. The number of aromatic nitrogens is 2. The van der Waals surface area contributed by atoms with Crippen molar-refractivity contribution in [3.05, 3.63) is 72.3 Å². The fraction of sp³-hybridized carbons (Fsp3) is 0.304. The summed E-state index contributed by atoms with van der Waals surface area (Å²) in [5.74, 6) is 1.49. The van der Waals surface area contributed by atoms with Gasteiger partial charge in [-0.25, -0.2) is 9.78 Å². The molecule has 1 aliphatic heterocycles. The van der Waals surface area contributed by atoms with Gasteiger partial charge in [0.15, 0.2) is 11.5 Å². The maximum Gasteiger partial charge on any atom is 0.318 e. The third kappa shape index (κ3) is 4.40. The van der Waals surface area contributed by atoms with Crippen LogP contribution in [0.4, 0.5) is 4.79 Å². The number of imidazole rings is 1. The van der Waals surface area contributed by atoms with E-state index >= 15 is 0 Å². The second kappa shape index (κ2) is 8.90. The molecule has 1 aromatic heterocycles. The average molecular weight is 406 g/mol. The maximum absolute atomic E-state index is 12.9. The van der Waals surface area contributed by atoms with Crippen molar-refractivity contribution in [3.63, 3.8) is 0 Å². The number of urea groups is 1. The Morgan fingerprint density at radius 3 is 2.63 bits per heavy atom. The zero-order chi connectivity index (χ0) is 20.9. The molecule has 2 amide bonds. The van der Waals surface area contributed by atoms with Crippen LogP contribution < -0.4 is 14.8 Å². The van der Waals surface area contributed by atoms with E-state index in [1.807, 2.05) is 67.1 Å². The molecule has 3 aromatic rings. The highest BCUT2D eigenvalue weighted by molar-refractivity contribution is 5.74. The molecule has 0 saturated heterocycles. The first-order valence-corrected chi connectivity index (χ1v) is 10.2. The number of fused-ring (bicyclic) bond motifs is 1. The molecule has 0 radical (unpaired) electrons. The predicted octanol–water partition coefficient (Wildman–Crippen LogP) is 3.94. The van der Waals surface area contributed by atoms with E-state index < -0.39 is 0 Å². The van der Waals surface area contributed by atoms with E-state index in [1.54, 1.807) is 17.4 Å². The smallest absolute Gasteiger partial charge is 0.318 e. The van der Waals surface area contributed by atoms with Gasteiger partial charge in [0.25, 0.3) is 0 Å². The molecule has 30 heavy (non-hydrogen) atoms.